The number of benzene rings is 2. The monoisotopic (exact) mass is 414 g/mol. The molecule has 0 bridgehead atoms. The van der Waals surface area contributed by atoms with Crippen LogP contribution in [0.1, 0.15) is 29.8 Å². The second kappa shape index (κ2) is 6.33. The molecule has 3 rings (SSSR count). The molecule has 5 heteroatoms. The van der Waals surface area contributed by atoms with Crippen LogP contribution in [0.25, 0.3) is 0 Å². The number of hydrogen-bond acceptors (Lipinski definition) is 2. The number of halogens is 2. The minimum Gasteiger partial charge on any atom is -0.289 e. The van der Waals surface area contributed by atoms with Gasteiger partial charge in [0, 0.05) is 20.1 Å². The predicted octanol–water partition coefficient (Wildman–Crippen LogP) is 4.95. The molecule has 0 N–H and O–H groups in total. The molecule has 1 heterocycles. The molecule has 0 atom stereocenters. The predicted molar refractivity (Wildman–Crippen MR) is 87.7 cm³/mol. The molecular formula is C15H12Br2O2S. The van der Waals surface area contributed by atoms with Gasteiger partial charge in [0.1, 0.15) is 0 Å². The third-order valence-electron chi connectivity index (χ3n) is 2.78. The van der Waals surface area contributed by atoms with Crippen LogP contribution >= 0.6 is 31.9 Å². The average Bonchev–Trinajstić information content (AvgIpc) is 2.46. The van der Waals surface area contributed by atoms with Crippen LogP contribution in [0.5, 0.6) is 0 Å². The minimum absolute atomic E-state index is 0.0698. The Morgan fingerprint density at radius 3 is 1.65 bits per heavy atom. The molecule has 2 aromatic carbocycles. The van der Waals surface area contributed by atoms with Crippen LogP contribution in [0.3, 0.4) is 0 Å². The largest absolute Gasteiger partial charge is 0.289 e. The summed E-state index contributed by atoms with van der Waals surface area (Å²) in [5.41, 5.74) is 1.04. The third kappa shape index (κ3) is 2.67. The Balaban J connectivity index is 0.000000704. The van der Waals surface area contributed by atoms with E-state index in [0.29, 0.717) is 20.9 Å². The molecule has 1 aliphatic rings. The molecule has 0 saturated carbocycles. The highest BCUT2D eigenvalue weighted by Crippen LogP contribution is 2.34. The molecule has 2 nitrogen and oxygen atoms in total. The first kappa shape index (κ1) is 15.6. The van der Waals surface area contributed by atoms with Crippen LogP contribution in [-0.2, 0) is 10.8 Å². The summed E-state index contributed by atoms with van der Waals surface area (Å²) in [7, 11) is -1.31. The summed E-state index contributed by atoms with van der Waals surface area (Å²) < 4.78 is 14.1. The van der Waals surface area contributed by atoms with E-state index in [9.17, 15) is 9.00 Å². The SMILES string of the molecule is CC.O=C1c2ccc(Br)cc2S(=O)c2cc(Br)ccc21. The van der Waals surface area contributed by atoms with Crippen molar-refractivity contribution >= 4 is 48.4 Å². The summed E-state index contributed by atoms with van der Waals surface area (Å²) in [6.07, 6.45) is 0. The summed E-state index contributed by atoms with van der Waals surface area (Å²) >= 11 is 6.67. The highest BCUT2D eigenvalue weighted by molar-refractivity contribution is 9.10. The summed E-state index contributed by atoms with van der Waals surface area (Å²) in [6.45, 7) is 4.00. The van der Waals surface area contributed by atoms with Crippen LogP contribution in [0, 0.1) is 0 Å². The van der Waals surface area contributed by atoms with Gasteiger partial charge in [0.25, 0.3) is 0 Å². The van der Waals surface area contributed by atoms with Gasteiger partial charge in [0.2, 0.25) is 0 Å². The Hall–Kier alpha value is -0.780. The van der Waals surface area contributed by atoms with E-state index in [1.54, 1.807) is 36.4 Å². The summed E-state index contributed by atoms with van der Waals surface area (Å²) in [5, 5.41) is 0. The van der Waals surface area contributed by atoms with Crippen molar-refractivity contribution in [2.24, 2.45) is 0 Å². The molecule has 1 aliphatic heterocycles. The molecule has 20 heavy (non-hydrogen) atoms. The van der Waals surface area contributed by atoms with Crippen LogP contribution < -0.4 is 0 Å². The van der Waals surface area contributed by atoms with Crippen molar-refractivity contribution in [2.75, 3.05) is 0 Å². The number of carbonyl (C=O) groups excluding carboxylic acids is 1. The van der Waals surface area contributed by atoms with E-state index in [0.717, 1.165) is 8.95 Å². The lowest BCUT2D eigenvalue weighted by Gasteiger charge is -2.18. The van der Waals surface area contributed by atoms with E-state index in [1.165, 1.54) is 0 Å². The maximum atomic E-state index is 12.5. The molecule has 0 aromatic heterocycles. The Labute approximate surface area is 137 Å². The van der Waals surface area contributed by atoms with E-state index >= 15 is 0 Å². The fourth-order valence-corrected chi connectivity index (χ4v) is 4.39. The maximum Gasteiger partial charge on any atom is 0.195 e. The highest BCUT2D eigenvalue weighted by Gasteiger charge is 2.28. The molecule has 0 amide bonds. The van der Waals surface area contributed by atoms with Gasteiger partial charge in [0.05, 0.1) is 20.6 Å². The second-order valence-corrected chi connectivity index (χ2v) is 7.13. The van der Waals surface area contributed by atoms with Crippen molar-refractivity contribution in [3.8, 4) is 0 Å². The first-order valence-electron chi connectivity index (χ1n) is 6.13. The zero-order chi connectivity index (χ0) is 14.9. The molecular weight excluding hydrogens is 404 g/mol. The molecule has 0 saturated heterocycles. The third-order valence-corrected chi connectivity index (χ3v) is 5.24. The van der Waals surface area contributed by atoms with Crippen molar-refractivity contribution < 1.29 is 9.00 Å². The lowest BCUT2D eigenvalue weighted by Crippen LogP contribution is -2.16. The van der Waals surface area contributed by atoms with Gasteiger partial charge in [-0.15, -0.1) is 0 Å². The summed E-state index contributed by atoms with van der Waals surface area (Å²) in [4.78, 5) is 13.4. The number of carbonyl (C=O) groups is 1. The van der Waals surface area contributed by atoms with E-state index in [4.69, 9.17) is 0 Å². The topological polar surface area (TPSA) is 34.1 Å². The van der Waals surface area contributed by atoms with E-state index in [2.05, 4.69) is 31.9 Å². The van der Waals surface area contributed by atoms with Gasteiger partial charge < -0.3 is 0 Å². The first-order chi connectivity index (χ1) is 9.58. The van der Waals surface area contributed by atoms with Crippen LogP contribution in [0.2, 0.25) is 0 Å². The average molecular weight is 416 g/mol. The zero-order valence-corrected chi connectivity index (χ0v) is 14.9. The molecule has 0 radical (unpaired) electrons. The Morgan fingerprint density at radius 1 is 0.850 bits per heavy atom. The van der Waals surface area contributed by atoms with Gasteiger partial charge in [-0.05, 0) is 36.4 Å². The Bertz CT molecular complexity index is 654. The Kier molecular flexibility index (Phi) is 4.94. The number of fused-ring (bicyclic) bond motifs is 2. The van der Waals surface area contributed by atoms with E-state index in [1.807, 2.05) is 13.8 Å². The fraction of sp³-hybridized carbons (Fsp3) is 0.133. The molecule has 0 fully saturated rings. The standard InChI is InChI=1S/C13H6Br2O2S.C2H6/c14-7-1-3-9-11(5-7)18(17)12-6-8(15)2-4-10(12)13(9)16;1-2/h1-6H;1-2H3. The van der Waals surface area contributed by atoms with Crippen LogP contribution in [0.4, 0.5) is 0 Å². The van der Waals surface area contributed by atoms with Gasteiger partial charge >= 0.3 is 0 Å². The zero-order valence-electron chi connectivity index (χ0n) is 10.9. The molecule has 0 spiro atoms. The van der Waals surface area contributed by atoms with Crippen molar-refractivity contribution in [3.63, 3.8) is 0 Å². The fourth-order valence-electron chi connectivity index (χ4n) is 1.94. The van der Waals surface area contributed by atoms with Crippen LogP contribution in [-0.4, -0.2) is 9.99 Å². The Morgan fingerprint density at radius 2 is 1.25 bits per heavy atom. The smallest absolute Gasteiger partial charge is 0.195 e. The summed E-state index contributed by atoms with van der Waals surface area (Å²) in [5.74, 6) is -0.0698. The van der Waals surface area contributed by atoms with Crippen LogP contribution in [0.15, 0.2) is 55.1 Å². The van der Waals surface area contributed by atoms with Gasteiger partial charge in [-0.3, -0.25) is 4.79 Å². The highest BCUT2D eigenvalue weighted by atomic mass is 79.9. The van der Waals surface area contributed by atoms with Gasteiger partial charge in [-0.2, -0.15) is 0 Å². The van der Waals surface area contributed by atoms with Crippen molar-refractivity contribution in [2.45, 2.75) is 23.6 Å². The molecule has 104 valence electrons. The van der Waals surface area contributed by atoms with Crippen molar-refractivity contribution in [1.82, 2.24) is 0 Å². The molecule has 0 aliphatic carbocycles. The second-order valence-electron chi connectivity index (χ2n) is 3.88. The maximum absolute atomic E-state index is 12.5. The first-order valence-corrected chi connectivity index (χ1v) is 8.87. The number of ketones is 1. The minimum atomic E-state index is -1.31. The molecule has 2 aromatic rings. The normalized spacial score (nSPS) is 13.1. The summed E-state index contributed by atoms with van der Waals surface area (Å²) in [6, 6.07) is 10.5. The van der Waals surface area contributed by atoms with Gasteiger partial charge in [-0.1, -0.05) is 45.7 Å². The quantitative estimate of drug-likeness (QED) is 0.520. The number of rotatable bonds is 0. The lowest BCUT2D eigenvalue weighted by molar-refractivity contribution is 0.103. The van der Waals surface area contributed by atoms with Gasteiger partial charge in [0.15, 0.2) is 5.78 Å². The van der Waals surface area contributed by atoms with E-state index in [-0.39, 0.29) is 5.78 Å². The van der Waals surface area contributed by atoms with Crippen molar-refractivity contribution in [3.05, 3.63) is 56.5 Å². The lowest BCUT2D eigenvalue weighted by atomic mass is 10.0. The van der Waals surface area contributed by atoms with Gasteiger partial charge in [-0.25, -0.2) is 4.21 Å². The van der Waals surface area contributed by atoms with E-state index < -0.39 is 10.8 Å². The molecule has 0 unspecified atom stereocenters. The number of hydrogen-bond donors (Lipinski definition) is 0. The van der Waals surface area contributed by atoms with Crippen molar-refractivity contribution in [1.29, 1.82) is 0 Å².